The van der Waals surface area contributed by atoms with Crippen LogP contribution in [0.2, 0.25) is 0 Å². The average Bonchev–Trinajstić information content (AvgIpc) is 2.63. The van der Waals surface area contributed by atoms with E-state index in [1.165, 1.54) is 7.11 Å². The molecule has 0 aliphatic heterocycles. The number of esters is 1. The molecule has 8 heteroatoms. The van der Waals surface area contributed by atoms with Crippen LogP contribution in [0.5, 0.6) is 0 Å². The lowest BCUT2D eigenvalue weighted by atomic mass is 9.96. The van der Waals surface area contributed by atoms with Crippen LogP contribution in [0.3, 0.4) is 0 Å². The molecule has 0 spiro atoms. The lowest BCUT2D eigenvalue weighted by Gasteiger charge is -2.28. The molecule has 0 heterocycles. The molecule has 144 valence electrons. The number of nitrogens with one attached hydrogen (secondary N) is 2. The fourth-order valence-electron chi connectivity index (χ4n) is 2.34. The molecule has 1 rings (SSSR count). The Morgan fingerprint density at radius 1 is 1.15 bits per heavy atom. The summed E-state index contributed by atoms with van der Waals surface area (Å²) in [4.78, 5) is 35.4. The predicted octanol–water partition coefficient (Wildman–Crippen LogP) is -0.653. The standard InChI is InChI=1S/C18H27N3O5/c1-11(2)15(16(23)18(25)20-10-14(22)26-3)21-17(24)13(19)9-12-7-5-4-6-8-12/h4-8,11,13,15-16,23H,9-10,19H2,1-3H3,(H,20,25)(H,21,24)/t13-,15-,16?/m0/s1. The molecule has 3 atom stereocenters. The fraction of sp³-hybridized carbons (Fsp3) is 0.500. The van der Waals surface area contributed by atoms with E-state index in [2.05, 4.69) is 15.4 Å². The second-order valence-corrected chi connectivity index (χ2v) is 6.31. The Morgan fingerprint density at radius 2 is 1.77 bits per heavy atom. The highest BCUT2D eigenvalue weighted by molar-refractivity contribution is 5.87. The first-order valence-corrected chi connectivity index (χ1v) is 8.38. The number of aliphatic hydroxyl groups excluding tert-OH is 1. The first-order valence-electron chi connectivity index (χ1n) is 8.38. The lowest BCUT2D eigenvalue weighted by molar-refractivity contribution is -0.143. The topological polar surface area (TPSA) is 131 Å². The molecule has 0 fully saturated rings. The van der Waals surface area contributed by atoms with Crippen LogP contribution in [-0.4, -0.2) is 54.7 Å². The lowest BCUT2D eigenvalue weighted by Crippen LogP contribution is -2.56. The first-order chi connectivity index (χ1) is 12.3. The van der Waals surface area contributed by atoms with Crippen LogP contribution in [0.25, 0.3) is 0 Å². The summed E-state index contributed by atoms with van der Waals surface area (Å²) in [6.07, 6.45) is -1.19. The van der Waals surface area contributed by atoms with Crippen molar-refractivity contribution in [2.75, 3.05) is 13.7 Å². The molecule has 1 aromatic rings. The van der Waals surface area contributed by atoms with Gasteiger partial charge in [0.15, 0.2) is 6.10 Å². The van der Waals surface area contributed by atoms with Gasteiger partial charge < -0.3 is 26.2 Å². The smallest absolute Gasteiger partial charge is 0.325 e. The Labute approximate surface area is 153 Å². The maximum Gasteiger partial charge on any atom is 0.325 e. The van der Waals surface area contributed by atoms with E-state index in [1.807, 2.05) is 30.3 Å². The molecule has 8 nitrogen and oxygen atoms in total. The first kappa shape index (κ1) is 21.6. The van der Waals surface area contributed by atoms with Gasteiger partial charge in [0.05, 0.1) is 19.2 Å². The van der Waals surface area contributed by atoms with E-state index in [1.54, 1.807) is 13.8 Å². The molecular formula is C18H27N3O5. The zero-order chi connectivity index (χ0) is 19.7. The van der Waals surface area contributed by atoms with Gasteiger partial charge in [0.2, 0.25) is 5.91 Å². The third-order valence-corrected chi connectivity index (χ3v) is 3.91. The Kier molecular flexibility index (Phi) is 8.74. The summed E-state index contributed by atoms with van der Waals surface area (Å²) < 4.78 is 4.42. The average molecular weight is 365 g/mol. The van der Waals surface area contributed by atoms with Gasteiger partial charge in [0.25, 0.3) is 5.91 Å². The SMILES string of the molecule is COC(=O)CNC(=O)C(O)[C@@H](NC(=O)[C@@H](N)Cc1ccccc1)C(C)C. The van der Waals surface area contributed by atoms with Crippen molar-refractivity contribution in [2.45, 2.75) is 38.5 Å². The molecule has 26 heavy (non-hydrogen) atoms. The van der Waals surface area contributed by atoms with Crippen molar-refractivity contribution in [3.8, 4) is 0 Å². The number of nitrogens with two attached hydrogens (primary N) is 1. The molecule has 0 aromatic heterocycles. The molecule has 0 aliphatic carbocycles. The summed E-state index contributed by atoms with van der Waals surface area (Å²) in [5, 5.41) is 15.1. The summed E-state index contributed by atoms with van der Waals surface area (Å²) in [6.45, 7) is 3.15. The van der Waals surface area contributed by atoms with Crippen molar-refractivity contribution in [3.05, 3.63) is 35.9 Å². The van der Waals surface area contributed by atoms with Crippen molar-refractivity contribution < 1.29 is 24.2 Å². The molecule has 0 radical (unpaired) electrons. The van der Waals surface area contributed by atoms with Crippen molar-refractivity contribution in [3.63, 3.8) is 0 Å². The quantitative estimate of drug-likeness (QED) is 0.430. The molecule has 2 amide bonds. The molecule has 1 unspecified atom stereocenters. The van der Waals surface area contributed by atoms with E-state index < -0.39 is 36.0 Å². The minimum Gasteiger partial charge on any atom is -0.468 e. The number of carbonyl (C=O) groups is 3. The summed E-state index contributed by atoms with van der Waals surface area (Å²) in [7, 11) is 1.19. The highest BCUT2D eigenvalue weighted by atomic mass is 16.5. The maximum atomic E-state index is 12.3. The van der Waals surface area contributed by atoms with Crippen molar-refractivity contribution in [1.29, 1.82) is 0 Å². The number of benzene rings is 1. The third kappa shape index (κ3) is 6.81. The second-order valence-electron chi connectivity index (χ2n) is 6.31. The Morgan fingerprint density at radius 3 is 2.31 bits per heavy atom. The zero-order valence-corrected chi connectivity index (χ0v) is 15.3. The van der Waals surface area contributed by atoms with Gasteiger partial charge in [-0.2, -0.15) is 0 Å². The highest BCUT2D eigenvalue weighted by Crippen LogP contribution is 2.09. The van der Waals surface area contributed by atoms with Gasteiger partial charge in [-0.15, -0.1) is 0 Å². The summed E-state index contributed by atoms with van der Waals surface area (Å²) in [5.74, 6) is -2.11. The van der Waals surface area contributed by atoms with Gasteiger partial charge >= 0.3 is 5.97 Å². The zero-order valence-electron chi connectivity index (χ0n) is 15.3. The van der Waals surface area contributed by atoms with E-state index in [-0.39, 0.29) is 12.5 Å². The van der Waals surface area contributed by atoms with Gasteiger partial charge in [0.1, 0.15) is 6.54 Å². The number of carbonyl (C=O) groups excluding carboxylic acids is 3. The van der Waals surface area contributed by atoms with Crippen molar-refractivity contribution in [1.82, 2.24) is 10.6 Å². The van der Waals surface area contributed by atoms with Crippen molar-refractivity contribution >= 4 is 17.8 Å². The van der Waals surface area contributed by atoms with E-state index in [0.29, 0.717) is 6.42 Å². The monoisotopic (exact) mass is 365 g/mol. The van der Waals surface area contributed by atoms with Crippen LogP contribution < -0.4 is 16.4 Å². The normalized spacial score (nSPS) is 14.2. The number of hydrogen-bond donors (Lipinski definition) is 4. The van der Waals surface area contributed by atoms with Crippen LogP contribution in [0.15, 0.2) is 30.3 Å². The van der Waals surface area contributed by atoms with Crippen molar-refractivity contribution in [2.24, 2.45) is 11.7 Å². The molecule has 0 aliphatic rings. The molecular weight excluding hydrogens is 338 g/mol. The van der Waals surface area contributed by atoms with Crippen LogP contribution in [0, 0.1) is 5.92 Å². The van der Waals surface area contributed by atoms with Gasteiger partial charge in [-0.05, 0) is 17.9 Å². The fourth-order valence-corrected chi connectivity index (χ4v) is 2.34. The van der Waals surface area contributed by atoms with E-state index >= 15 is 0 Å². The maximum absolute atomic E-state index is 12.3. The minimum atomic E-state index is -1.52. The molecule has 0 saturated carbocycles. The second kappa shape index (κ2) is 10.5. The number of rotatable bonds is 9. The molecule has 0 bridgehead atoms. The summed E-state index contributed by atoms with van der Waals surface area (Å²) in [6, 6.07) is 7.64. The van der Waals surface area contributed by atoms with Crippen LogP contribution in [0.4, 0.5) is 0 Å². The molecule has 1 aromatic carbocycles. The van der Waals surface area contributed by atoms with Crippen LogP contribution in [0.1, 0.15) is 19.4 Å². The molecule has 0 saturated heterocycles. The Bertz CT molecular complexity index is 606. The number of ether oxygens (including phenoxy) is 1. The van der Waals surface area contributed by atoms with E-state index in [4.69, 9.17) is 5.73 Å². The Hall–Kier alpha value is -2.45. The van der Waals surface area contributed by atoms with Crippen LogP contribution >= 0.6 is 0 Å². The van der Waals surface area contributed by atoms with Gasteiger partial charge in [-0.1, -0.05) is 44.2 Å². The third-order valence-electron chi connectivity index (χ3n) is 3.91. The van der Waals surface area contributed by atoms with Gasteiger partial charge in [-0.3, -0.25) is 14.4 Å². The van der Waals surface area contributed by atoms with E-state index in [0.717, 1.165) is 5.56 Å². The molecule has 5 N–H and O–H groups in total. The minimum absolute atomic E-state index is 0.234. The Balaban J connectivity index is 2.66. The van der Waals surface area contributed by atoms with Gasteiger partial charge in [-0.25, -0.2) is 0 Å². The summed E-state index contributed by atoms with van der Waals surface area (Å²) in [5.41, 5.74) is 6.84. The van der Waals surface area contributed by atoms with Gasteiger partial charge in [0, 0.05) is 0 Å². The number of methoxy groups -OCH3 is 1. The largest absolute Gasteiger partial charge is 0.468 e. The van der Waals surface area contributed by atoms with E-state index in [9.17, 15) is 19.5 Å². The summed E-state index contributed by atoms with van der Waals surface area (Å²) >= 11 is 0. The number of amides is 2. The number of hydrogen-bond acceptors (Lipinski definition) is 6. The highest BCUT2D eigenvalue weighted by Gasteiger charge is 2.31. The number of aliphatic hydroxyl groups is 1. The van der Waals surface area contributed by atoms with Crippen LogP contribution in [-0.2, 0) is 25.5 Å². The predicted molar refractivity (Wildman–Crippen MR) is 95.9 cm³/mol.